The summed E-state index contributed by atoms with van der Waals surface area (Å²) in [6.45, 7) is 1.94. The van der Waals surface area contributed by atoms with Crippen molar-refractivity contribution in [3.63, 3.8) is 0 Å². The summed E-state index contributed by atoms with van der Waals surface area (Å²) in [5, 5.41) is 19.5. The zero-order valence-electron chi connectivity index (χ0n) is 7.56. The van der Waals surface area contributed by atoms with Crippen LogP contribution in [0.25, 0.3) is 0 Å². The Labute approximate surface area is 76.5 Å². The lowest BCUT2D eigenvalue weighted by Gasteiger charge is -2.31. The van der Waals surface area contributed by atoms with Crippen LogP contribution in [-0.4, -0.2) is 34.5 Å². The third kappa shape index (κ3) is 1.34. The van der Waals surface area contributed by atoms with E-state index in [9.17, 15) is 15.0 Å². The zero-order chi connectivity index (χ0) is 9.64. The van der Waals surface area contributed by atoms with Gasteiger partial charge in [0.15, 0.2) is 0 Å². The molecule has 4 atom stereocenters. The van der Waals surface area contributed by atoms with Crippen molar-refractivity contribution in [1.29, 1.82) is 0 Å². The van der Waals surface area contributed by atoms with Crippen LogP contribution in [0.4, 0.5) is 0 Å². The summed E-state index contributed by atoms with van der Waals surface area (Å²) in [6.07, 6.45) is 0.0221. The van der Waals surface area contributed by atoms with Gasteiger partial charge in [-0.25, -0.2) is 0 Å². The summed E-state index contributed by atoms with van der Waals surface area (Å²) in [5.74, 6) is -0.477. The lowest BCUT2D eigenvalue weighted by atomic mass is 9.84. The van der Waals surface area contributed by atoms with Gasteiger partial charge in [0.1, 0.15) is 0 Å². The molecule has 0 spiro atoms. The van der Waals surface area contributed by atoms with Crippen LogP contribution in [0.15, 0.2) is 0 Å². The van der Waals surface area contributed by atoms with Gasteiger partial charge in [-0.15, -0.1) is 0 Å². The highest BCUT2D eigenvalue weighted by molar-refractivity contribution is 5.70. The van der Waals surface area contributed by atoms with Gasteiger partial charge in [-0.3, -0.25) is 4.79 Å². The molecule has 0 bridgehead atoms. The maximum atomic E-state index is 10.9. The molecular formula is C9H14O4. The Morgan fingerprint density at radius 1 is 1.62 bits per heavy atom. The SMILES string of the molecule is C[C@]1(O)C[C@@H](O)[C@@H]2CC(=O)OC[C@@H]21. The lowest BCUT2D eigenvalue weighted by Crippen LogP contribution is -2.40. The van der Waals surface area contributed by atoms with Crippen molar-refractivity contribution in [3.8, 4) is 0 Å². The van der Waals surface area contributed by atoms with Gasteiger partial charge >= 0.3 is 5.97 Å². The number of ether oxygens (including phenoxy) is 1. The molecule has 0 aromatic rings. The maximum Gasteiger partial charge on any atom is 0.306 e. The molecule has 0 aromatic carbocycles. The fraction of sp³-hybridized carbons (Fsp3) is 0.889. The number of esters is 1. The second kappa shape index (κ2) is 2.69. The molecule has 0 unspecified atom stereocenters. The Morgan fingerprint density at radius 3 is 3.00 bits per heavy atom. The second-order valence-electron chi connectivity index (χ2n) is 4.29. The number of fused-ring (bicyclic) bond motifs is 1. The van der Waals surface area contributed by atoms with E-state index in [4.69, 9.17) is 4.74 Å². The fourth-order valence-corrected chi connectivity index (χ4v) is 2.47. The summed E-state index contributed by atoms with van der Waals surface area (Å²) >= 11 is 0. The highest BCUT2D eigenvalue weighted by atomic mass is 16.5. The van der Waals surface area contributed by atoms with E-state index in [-0.39, 0.29) is 30.8 Å². The number of aliphatic hydroxyl groups excluding tert-OH is 1. The van der Waals surface area contributed by atoms with E-state index >= 15 is 0 Å². The van der Waals surface area contributed by atoms with Crippen LogP contribution in [0, 0.1) is 11.8 Å². The van der Waals surface area contributed by atoms with Gasteiger partial charge in [-0.2, -0.15) is 0 Å². The van der Waals surface area contributed by atoms with E-state index in [1.165, 1.54) is 0 Å². The second-order valence-corrected chi connectivity index (χ2v) is 4.29. The molecule has 0 aromatic heterocycles. The maximum absolute atomic E-state index is 10.9. The predicted molar refractivity (Wildman–Crippen MR) is 43.8 cm³/mol. The van der Waals surface area contributed by atoms with Crippen molar-refractivity contribution in [2.45, 2.75) is 31.5 Å². The Morgan fingerprint density at radius 2 is 2.31 bits per heavy atom. The highest BCUT2D eigenvalue weighted by Gasteiger charge is 2.52. The largest absolute Gasteiger partial charge is 0.465 e. The smallest absolute Gasteiger partial charge is 0.306 e. The zero-order valence-corrected chi connectivity index (χ0v) is 7.56. The first kappa shape index (κ1) is 8.97. The van der Waals surface area contributed by atoms with Crippen LogP contribution in [0.3, 0.4) is 0 Å². The average molecular weight is 186 g/mol. The molecule has 0 amide bonds. The van der Waals surface area contributed by atoms with Gasteiger partial charge < -0.3 is 14.9 Å². The summed E-state index contributed by atoms with van der Waals surface area (Å²) in [7, 11) is 0. The minimum atomic E-state index is -0.884. The summed E-state index contributed by atoms with van der Waals surface area (Å²) in [6, 6.07) is 0. The third-order valence-corrected chi connectivity index (χ3v) is 3.26. The minimum absolute atomic E-state index is 0.0970. The van der Waals surface area contributed by atoms with E-state index in [1.807, 2.05) is 0 Å². The number of hydrogen-bond donors (Lipinski definition) is 2. The van der Waals surface area contributed by atoms with Gasteiger partial charge in [0.05, 0.1) is 24.7 Å². The first-order chi connectivity index (χ1) is 6.00. The average Bonchev–Trinajstić information content (AvgIpc) is 2.22. The summed E-state index contributed by atoms with van der Waals surface area (Å²) in [4.78, 5) is 10.9. The molecule has 2 aliphatic rings. The van der Waals surface area contributed by atoms with Crippen LogP contribution < -0.4 is 0 Å². The standard InChI is InChI=1S/C9H14O4/c1-9(12)3-7(10)5-2-8(11)13-4-6(5)9/h5-7,10,12H,2-4H2,1H3/t5-,6+,7-,9+/m1/s1. The van der Waals surface area contributed by atoms with Gasteiger partial charge in [-0.1, -0.05) is 0 Å². The van der Waals surface area contributed by atoms with E-state index in [0.29, 0.717) is 6.42 Å². The molecule has 0 radical (unpaired) electrons. The molecule has 1 aliphatic heterocycles. The van der Waals surface area contributed by atoms with Gasteiger partial charge in [0, 0.05) is 18.3 Å². The Balaban J connectivity index is 2.19. The minimum Gasteiger partial charge on any atom is -0.465 e. The van der Waals surface area contributed by atoms with E-state index < -0.39 is 11.7 Å². The molecule has 2 N–H and O–H groups in total. The molecule has 74 valence electrons. The van der Waals surface area contributed by atoms with Crippen LogP contribution in [0.1, 0.15) is 19.8 Å². The summed E-state index contributed by atoms with van der Waals surface area (Å²) in [5.41, 5.74) is -0.884. The molecule has 1 saturated heterocycles. The van der Waals surface area contributed by atoms with Gasteiger partial charge in [-0.05, 0) is 6.92 Å². The molecule has 1 aliphatic carbocycles. The molecule has 1 heterocycles. The van der Waals surface area contributed by atoms with Crippen molar-refractivity contribution in [2.24, 2.45) is 11.8 Å². The molecular weight excluding hydrogens is 172 g/mol. The Bertz CT molecular complexity index is 236. The van der Waals surface area contributed by atoms with Gasteiger partial charge in [0.25, 0.3) is 0 Å². The quantitative estimate of drug-likeness (QED) is 0.509. The molecule has 2 fully saturated rings. The number of hydrogen-bond acceptors (Lipinski definition) is 4. The highest BCUT2D eigenvalue weighted by Crippen LogP contribution is 2.44. The molecule has 1 saturated carbocycles. The topological polar surface area (TPSA) is 66.8 Å². The Kier molecular flexibility index (Phi) is 1.85. The number of carbonyl (C=O) groups excluding carboxylic acids is 1. The van der Waals surface area contributed by atoms with Crippen molar-refractivity contribution < 1.29 is 19.7 Å². The molecule has 4 heteroatoms. The normalized spacial score (nSPS) is 50.1. The van der Waals surface area contributed by atoms with E-state index in [0.717, 1.165) is 0 Å². The van der Waals surface area contributed by atoms with Crippen LogP contribution >= 0.6 is 0 Å². The number of rotatable bonds is 0. The predicted octanol–water partition coefficient (Wildman–Crippen LogP) is -0.319. The van der Waals surface area contributed by atoms with Gasteiger partial charge in [0.2, 0.25) is 0 Å². The van der Waals surface area contributed by atoms with Crippen molar-refractivity contribution >= 4 is 5.97 Å². The van der Waals surface area contributed by atoms with Crippen molar-refractivity contribution in [1.82, 2.24) is 0 Å². The monoisotopic (exact) mass is 186 g/mol. The number of aliphatic hydroxyl groups is 2. The number of carbonyl (C=O) groups is 1. The third-order valence-electron chi connectivity index (χ3n) is 3.26. The fourth-order valence-electron chi connectivity index (χ4n) is 2.47. The van der Waals surface area contributed by atoms with Crippen molar-refractivity contribution in [3.05, 3.63) is 0 Å². The molecule has 2 rings (SSSR count). The lowest BCUT2D eigenvalue weighted by molar-refractivity contribution is -0.158. The van der Waals surface area contributed by atoms with E-state index in [1.54, 1.807) is 6.92 Å². The summed E-state index contributed by atoms with van der Waals surface area (Å²) < 4.78 is 4.87. The first-order valence-electron chi connectivity index (χ1n) is 4.57. The van der Waals surface area contributed by atoms with E-state index in [2.05, 4.69) is 0 Å². The first-order valence-corrected chi connectivity index (χ1v) is 4.57. The number of cyclic esters (lactones) is 1. The molecule has 4 nitrogen and oxygen atoms in total. The van der Waals surface area contributed by atoms with Crippen LogP contribution in [-0.2, 0) is 9.53 Å². The Hall–Kier alpha value is -0.610. The van der Waals surface area contributed by atoms with Crippen LogP contribution in [0.2, 0.25) is 0 Å². The molecule has 13 heavy (non-hydrogen) atoms. The van der Waals surface area contributed by atoms with Crippen molar-refractivity contribution in [2.75, 3.05) is 6.61 Å². The van der Waals surface area contributed by atoms with Crippen LogP contribution in [0.5, 0.6) is 0 Å².